The third-order valence-corrected chi connectivity index (χ3v) is 3.20. The first-order valence-electron chi connectivity index (χ1n) is 4.45. The Kier molecular flexibility index (Phi) is 2.54. The minimum Gasteiger partial charge on any atom is -0.481 e. The predicted octanol–water partition coefficient (Wildman–Crippen LogP) is 0.112. The van der Waals surface area contributed by atoms with E-state index < -0.39 is 29.3 Å². The van der Waals surface area contributed by atoms with Crippen molar-refractivity contribution in [1.82, 2.24) is 4.90 Å². The van der Waals surface area contributed by atoms with Crippen LogP contribution in [0, 0.1) is 11.8 Å². The Balaban J connectivity index is 3.04. The van der Waals surface area contributed by atoms with Crippen molar-refractivity contribution in [2.75, 3.05) is 13.6 Å². The normalized spacial score (nSPS) is 31.6. The Morgan fingerprint density at radius 3 is 2.07 bits per heavy atom. The second-order valence-corrected chi connectivity index (χ2v) is 4.29. The summed E-state index contributed by atoms with van der Waals surface area (Å²) in [6.45, 7) is 3.81. The summed E-state index contributed by atoms with van der Waals surface area (Å²) in [7, 11) is 1.75. The van der Waals surface area contributed by atoms with Gasteiger partial charge in [-0.05, 0) is 20.9 Å². The molecule has 0 aliphatic carbocycles. The lowest BCUT2D eigenvalue weighted by molar-refractivity contribution is -0.153. The Labute approximate surface area is 82.3 Å². The van der Waals surface area contributed by atoms with Crippen molar-refractivity contribution >= 4 is 11.9 Å². The molecule has 0 amide bonds. The van der Waals surface area contributed by atoms with Gasteiger partial charge in [0.2, 0.25) is 0 Å². The molecule has 1 fully saturated rings. The molecule has 1 saturated heterocycles. The van der Waals surface area contributed by atoms with E-state index in [-0.39, 0.29) is 0 Å². The number of aliphatic carboxylic acids is 2. The van der Waals surface area contributed by atoms with Crippen LogP contribution in [-0.2, 0) is 9.59 Å². The molecule has 2 N–H and O–H groups in total. The minimum absolute atomic E-state index is 0.291. The monoisotopic (exact) mass is 201 g/mol. The van der Waals surface area contributed by atoms with Crippen molar-refractivity contribution in [3.8, 4) is 0 Å². The first kappa shape index (κ1) is 11.0. The van der Waals surface area contributed by atoms with Gasteiger partial charge in [-0.25, -0.2) is 0 Å². The summed E-state index contributed by atoms with van der Waals surface area (Å²) in [4.78, 5) is 23.6. The average molecular weight is 201 g/mol. The highest BCUT2D eigenvalue weighted by Gasteiger charge is 2.52. The van der Waals surface area contributed by atoms with Gasteiger partial charge in [-0.15, -0.1) is 0 Å². The van der Waals surface area contributed by atoms with Gasteiger partial charge in [0, 0.05) is 12.1 Å². The molecule has 2 unspecified atom stereocenters. The third-order valence-electron chi connectivity index (χ3n) is 3.20. The van der Waals surface area contributed by atoms with Gasteiger partial charge in [0.1, 0.15) is 0 Å². The van der Waals surface area contributed by atoms with Crippen LogP contribution in [0.1, 0.15) is 13.8 Å². The molecule has 0 spiro atoms. The van der Waals surface area contributed by atoms with Crippen LogP contribution in [0.15, 0.2) is 0 Å². The molecule has 1 rings (SSSR count). The van der Waals surface area contributed by atoms with Gasteiger partial charge in [0.25, 0.3) is 0 Å². The van der Waals surface area contributed by atoms with Crippen molar-refractivity contribution in [2.45, 2.75) is 19.4 Å². The van der Waals surface area contributed by atoms with Crippen LogP contribution < -0.4 is 0 Å². The predicted molar refractivity (Wildman–Crippen MR) is 49.0 cm³/mol. The molecule has 14 heavy (non-hydrogen) atoms. The highest BCUT2D eigenvalue weighted by atomic mass is 16.4. The van der Waals surface area contributed by atoms with Crippen LogP contribution in [0.4, 0.5) is 0 Å². The van der Waals surface area contributed by atoms with E-state index in [1.807, 2.05) is 0 Å². The number of hydrogen-bond acceptors (Lipinski definition) is 3. The summed E-state index contributed by atoms with van der Waals surface area (Å²) < 4.78 is 0. The lowest BCUT2D eigenvalue weighted by atomic mass is 9.82. The van der Waals surface area contributed by atoms with Crippen molar-refractivity contribution in [2.24, 2.45) is 11.8 Å². The zero-order chi connectivity index (χ0) is 11.1. The molecule has 0 aromatic rings. The molecular weight excluding hydrogens is 186 g/mol. The van der Waals surface area contributed by atoms with Gasteiger partial charge in [-0.3, -0.25) is 14.5 Å². The van der Waals surface area contributed by atoms with E-state index in [4.69, 9.17) is 10.2 Å². The fourth-order valence-electron chi connectivity index (χ4n) is 2.06. The van der Waals surface area contributed by atoms with Crippen molar-refractivity contribution < 1.29 is 19.8 Å². The van der Waals surface area contributed by atoms with Crippen molar-refractivity contribution in [3.05, 3.63) is 0 Å². The van der Waals surface area contributed by atoms with Crippen LogP contribution in [0.5, 0.6) is 0 Å². The number of carboxylic acids is 2. The molecular formula is C9H15NO4. The number of nitrogens with zero attached hydrogens (tertiary/aromatic N) is 1. The van der Waals surface area contributed by atoms with E-state index in [9.17, 15) is 9.59 Å². The number of hydrogen-bond donors (Lipinski definition) is 2. The van der Waals surface area contributed by atoms with Crippen LogP contribution in [0.2, 0.25) is 0 Å². The van der Waals surface area contributed by atoms with E-state index in [0.29, 0.717) is 6.54 Å². The minimum atomic E-state index is -1.04. The highest BCUT2D eigenvalue weighted by Crippen LogP contribution is 2.37. The summed E-state index contributed by atoms with van der Waals surface area (Å²) >= 11 is 0. The SMILES string of the molecule is CN1CC(C(=O)O)C(C(=O)O)C1(C)C. The highest BCUT2D eigenvalue weighted by molar-refractivity contribution is 5.82. The molecule has 0 radical (unpaired) electrons. The summed E-state index contributed by atoms with van der Waals surface area (Å²) in [5, 5.41) is 17.9. The molecule has 5 nitrogen and oxygen atoms in total. The molecule has 2 atom stereocenters. The van der Waals surface area contributed by atoms with Gasteiger partial charge in [0.05, 0.1) is 11.8 Å². The van der Waals surface area contributed by atoms with E-state index in [2.05, 4.69) is 0 Å². The summed E-state index contributed by atoms with van der Waals surface area (Å²) in [6.07, 6.45) is 0. The first-order valence-corrected chi connectivity index (χ1v) is 4.45. The Bertz CT molecular complexity index is 274. The molecule has 0 aromatic heterocycles. The maximum Gasteiger partial charge on any atom is 0.309 e. The summed E-state index contributed by atoms with van der Waals surface area (Å²) in [5.74, 6) is -3.72. The number of carbonyl (C=O) groups is 2. The zero-order valence-electron chi connectivity index (χ0n) is 8.52. The molecule has 1 aliphatic heterocycles. The maximum atomic E-state index is 11.0. The standard InChI is InChI=1S/C9H15NO4/c1-9(2)6(8(13)14)5(7(11)12)4-10(9)3/h5-6H,4H2,1-3H3,(H,11,12)(H,13,14). The van der Waals surface area contributed by atoms with Crippen molar-refractivity contribution in [3.63, 3.8) is 0 Å². The van der Waals surface area contributed by atoms with Crippen LogP contribution in [0.3, 0.4) is 0 Å². The van der Waals surface area contributed by atoms with Gasteiger partial charge in [-0.1, -0.05) is 0 Å². The fraction of sp³-hybridized carbons (Fsp3) is 0.778. The van der Waals surface area contributed by atoms with Crippen LogP contribution in [0.25, 0.3) is 0 Å². The van der Waals surface area contributed by atoms with Gasteiger partial charge >= 0.3 is 11.9 Å². The maximum absolute atomic E-state index is 11.0. The van der Waals surface area contributed by atoms with E-state index in [0.717, 1.165) is 0 Å². The smallest absolute Gasteiger partial charge is 0.309 e. The van der Waals surface area contributed by atoms with Gasteiger partial charge in [0.15, 0.2) is 0 Å². The third kappa shape index (κ3) is 1.48. The second kappa shape index (κ2) is 3.24. The molecule has 1 aliphatic rings. The summed E-state index contributed by atoms with van der Waals surface area (Å²) in [5.41, 5.74) is -0.602. The number of likely N-dealkylation sites (tertiary alicyclic amines) is 1. The van der Waals surface area contributed by atoms with Gasteiger partial charge in [-0.2, -0.15) is 0 Å². The molecule has 0 saturated carbocycles. The van der Waals surface area contributed by atoms with Gasteiger partial charge < -0.3 is 10.2 Å². The second-order valence-electron chi connectivity index (χ2n) is 4.29. The molecule has 0 bridgehead atoms. The van der Waals surface area contributed by atoms with Crippen LogP contribution in [-0.4, -0.2) is 46.2 Å². The lowest BCUT2D eigenvalue weighted by Gasteiger charge is -2.31. The fourth-order valence-corrected chi connectivity index (χ4v) is 2.06. The Hall–Kier alpha value is -1.10. The van der Waals surface area contributed by atoms with E-state index >= 15 is 0 Å². The Morgan fingerprint density at radius 2 is 1.79 bits per heavy atom. The number of rotatable bonds is 2. The lowest BCUT2D eigenvalue weighted by Crippen LogP contribution is -2.44. The number of carboxylic acid groups (broad SMARTS) is 2. The average Bonchev–Trinajstić information content (AvgIpc) is 2.23. The largest absolute Gasteiger partial charge is 0.481 e. The molecule has 0 aromatic carbocycles. The topological polar surface area (TPSA) is 77.8 Å². The van der Waals surface area contributed by atoms with Crippen molar-refractivity contribution in [1.29, 1.82) is 0 Å². The van der Waals surface area contributed by atoms with Crippen LogP contribution >= 0.6 is 0 Å². The molecule has 5 heteroatoms. The summed E-state index contributed by atoms with van der Waals surface area (Å²) in [6, 6.07) is 0. The molecule has 80 valence electrons. The Morgan fingerprint density at radius 1 is 1.29 bits per heavy atom. The van der Waals surface area contributed by atoms with E-state index in [1.54, 1.807) is 25.8 Å². The van der Waals surface area contributed by atoms with E-state index in [1.165, 1.54) is 0 Å². The molecule has 1 heterocycles. The quantitative estimate of drug-likeness (QED) is 0.663. The first-order chi connectivity index (χ1) is 6.28. The zero-order valence-corrected chi connectivity index (χ0v) is 8.52.